The van der Waals surface area contributed by atoms with Gasteiger partial charge in [0.25, 0.3) is 0 Å². The summed E-state index contributed by atoms with van der Waals surface area (Å²) < 4.78 is 1.76. The van der Waals surface area contributed by atoms with E-state index < -0.39 is 11.4 Å². The van der Waals surface area contributed by atoms with E-state index in [4.69, 9.17) is 5.11 Å². The maximum Gasteiger partial charge on any atom is 0.341 e. The molecule has 0 amide bonds. The summed E-state index contributed by atoms with van der Waals surface area (Å²) in [5.41, 5.74) is -0.250. The lowest BCUT2D eigenvalue weighted by Crippen LogP contribution is -2.21. The average molecular weight is 335 g/mol. The number of aliphatic hydroxyl groups excluding tert-OH is 1. The fourth-order valence-electron chi connectivity index (χ4n) is 2.55. The van der Waals surface area contributed by atoms with Crippen LogP contribution in [0.4, 0.5) is 0 Å². The molecule has 2 N–H and O–H groups in total. The molecule has 0 saturated carbocycles. The van der Waals surface area contributed by atoms with Gasteiger partial charge < -0.3 is 14.8 Å². The molecule has 1 atom stereocenters. The maximum absolute atomic E-state index is 12.4. The summed E-state index contributed by atoms with van der Waals surface area (Å²) >= 11 is 1.47. The number of hydrogen-bond donors (Lipinski definition) is 2. The van der Waals surface area contributed by atoms with Gasteiger partial charge in [0.1, 0.15) is 5.56 Å². The summed E-state index contributed by atoms with van der Waals surface area (Å²) in [6.07, 6.45) is 4.65. The van der Waals surface area contributed by atoms with Gasteiger partial charge in [0, 0.05) is 35.3 Å². The van der Waals surface area contributed by atoms with E-state index >= 15 is 0 Å². The molecule has 0 bridgehead atoms. The molecule has 6 heteroatoms. The van der Waals surface area contributed by atoms with E-state index in [9.17, 15) is 14.7 Å². The average Bonchev–Trinajstić information content (AvgIpc) is 2.94. The number of aliphatic hydroxyl groups is 1. The first kappa shape index (κ1) is 17.4. The van der Waals surface area contributed by atoms with Crippen molar-refractivity contribution in [2.45, 2.75) is 33.2 Å². The minimum Gasteiger partial charge on any atom is -0.477 e. The summed E-state index contributed by atoms with van der Waals surface area (Å²) in [5.74, 6) is -0.976. The highest BCUT2D eigenvalue weighted by atomic mass is 32.1. The van der Waals surface area contributed by atoms with Crippen LogP contribution in [0, 0.1) is 12.8 Å². The smallest absolute Gasteiger partial charge is 0.341 e. The van der Waals surface area contributed by atoms with Crippen molar-refractivity contribution in [1.29, 1.82) is 0 Å². The Labute approximate surface area is 138 Å². The lowest BCUT2D eigenvalue weighted by Gasteiger charge is -2.17. The second-order valence-electron chi connectivity index (χ2n) is 5.61. The van der Waals surface area contributed by atoms with E-state index in [1.165, 1.54) is 17.5 Å². The van der Waals surface area contributed by atoms with E-state index in [2.05, 4.69) is 0 Å². The van der Waals surface area contributed by atoms with Gasteiger partial charge in [-0.1, -0.05) is 13.3 Å². The van der Waals surface area contributed by atoms with Crippen molar-refractivity contribution in [3.05, 3.63) is 45.2 Å². The Morgan fingerprint density at radius 1 is 1.35 bits per heavy atom. The molecule has 0 aliphatic rings. The van der Waals surface area contributed by atoms with Gasteiger partial charge in [-0.3, -0.25) is 4.79 Å². The van der Waals surface area contributed by atoms with E-state index in [1.807, 2.05) is 26.0 Å². The molecule has 23 heavy (non-hydrogen) atoms. The van der Waals surface area contributed by atoms with Crippen LogP contribution in [0.15, 0.2) is 29.3 Å². The molecule has 1 unspecified atom stereocenters. The van der Waals surface area contributed by atoms with Crippen molar-refractivity contribution in [1.82, 2.24) is 4.57 Å². The molecule has 0 spiro atoms. The summed E-state index contributed by atoms with van der Waals surface area (Å²) in [6.45, 7) is 4.66. The molecule has 0 radical (unpaired) electrons. The zero-order valence-corrected chi connectivity index (χ0v) is 14.1. The summed E-state index contributed by atoms with van der Waals surface area (Å²) in [6, 6.07) is 3.76. The summed E-state index contributed by atoms with van der Waals surface area (Å²) in [4.78, 5) is 25.7. The van der Waals surface area contributed by atoms with Gasteiger partial charge in [-0.2, -0.15) is 0 Å². The van der Waals surface area contributed by atoms with Gasteiger partial charge in [-0.15, -0.1) is 11.3 Å². The van der Waals surface area contributed by atoms with Gasteiger partial charge in [0.2, 0.25) is 5.43 Å². The van der Waals surface area contributed by atoms with Crippen molar-refractivity contribution in [2.75, 3.05) is 6.61 Å². The monoisotopic (exact) mass is 335 g/mol. The Hall–Kier alpha value is -1.92. The van der Waals surface area contributed by atoms with Gasteiger partial charge in [0.05, 0.1) is 5.56 Å². The number of hydrogen-bond acceptors (Lipinski definition) is 4. The first-order chi connectivity index (χ1) is 11.0. The number of aromatic nitrogens is 1. The first-order valence-electron chi connectivity index (χ1n) is 7.61. The molecule has 0 saturated heterocycles. The second kappa shape index (κ2) is 7.57. The highest BCUT2D eigenvalue weighted by Crippen LogP contribution is 2.26. The molecule has 2 aromatic heterocycles. The third kappa shape index (κ3) is 4.09. The van der Waals surface area contributed by atoms with E-state index in [0.29, 0.717) is 18.5 Å². The minimum atomic E-state index is -1.21. The van der Waals surface area contributed by atoms with E-state index in [1.54, 1.807) is 10.8 Å². The SMILES string of the molecule is CCC(CCO)Cn1cc(C(=O)O)c(=O)c(-c2ccc(C)s2)c1. The molecule has 2 heterocycles. The highest BCUT2D eigenvalue weighted by Gasteiger charge is 2.17. The predicted molar refractivity (Wildman–Crippen MR) is 91.2 cm³/mol. The molecule has 0 aliphatic carbocycles. The van der Waals surface area contributed by atoms with E-state index in [0.717, 1.165) is 16.2 Å². The number of carbonyl (C=O) groups is 1. The number of pyridine rings is 1. The van der Waals surface area contributed by atoms with Crippen molar-refractivity contribution in [3.63, 3.8) is 0 Å². The lowest BCUT2D eigenvalue weighted by atomic mass is 10.0. The van der Waals surface area contributed by atoms with Crippen LogP contribution in [0.5, 0.6) is 0 Å². The Kier molecular flexibility index (Phi) is 5.74. The molecule has 124 valence electrons. The van der Waals surface area contributed by atoms with Crippen LogP contribution in [-0.2, 0) is 6.54 Å². The number of rotatable bonds is 7. The Balaban J connectivity index is 2.50. The highest BCUT2D eigenvalue weighted by molar-refractivity contribution is 7.15. The molecule has 0 aromatic carbocycles. The number of thiophene rings is 1. The fraction of sp³-hybridized carbons (Fsp3) is 0.412. The van der Waals surface area contributed by atoms with Crippen LogP contribution in [0.3, 0.4) is 0 Å². The zero-order chi connectivity index (χ0) is 17.0. The fourth-order valence-corrected chi connectivity index (χ4v) is 3.42. The normalized spacial score (nSPS) is 12.3. The molecular formula is C17H21NO4S. The number of aryl methyl sites for hydroxylation is 1. The molecule has 2 rings (SSSR count). The quantitative estimate of drug-likeness (QED) is 0.815. The van der Waals surface area contributed by atoms with Crippen molar-refractivity contribution in [2.24, 2.45) is 5.92 Å². The van der Waals surface area contributed by atoms with Gasteiger partial charge in [-0.25, -0.2) is 4.79 Å². The van der Waals surface area contributed by atoms with E-state index in [-0.39, 0.29) is 18.1 Å². The Morgan fingerprint density at radius 2 is 2.09 bits per heavy atom. The standard InChI is InChI=1S/C17H21NO4S/c1-3-12(6-7-19)8-18-9-13(15-5-4-11(2)23-15)16(20)14(10-18)17(21)22/h4-5,9-10,12,19H,3,6-8H2,1-2H3,(H,21,22). The summed E-state index contributed by atoms with van der Waals surface area (Å²) in [7, 11) is 0. The third-order valence-corrected chi connectivity index (χ3v) is 4.93. The predicted octanol–water partition coefficient (Wildman–Crippen LogP) is 2.99. The van der Waals surface area contributed by atoms with Crippen LogP contribution >= 0.6 is 11.3 Å². The Morgan fingerprint density at radius 3 is 2.61 bits per heavy atom. The Bertz CT molecular complexity index is 747. The minimum absolute atomic E-state index is 0.0987. The summed E-state index contributed by atoms with van der Waals surface area (Å²) in [5, 5.41) is 18.4. The molecule has 2 aromatic rings. The van der Waals surface area contributed by atoms with Gasteiger partial charge >= 0.3 is 5.97 Å². The van der Waals surface area contributed by atoms with Crippen LogP contribution in [0.1, 0.15) is 35.0 Å². The molecule has 5 nitrogen and oxygen atoms in total. The largest absolute Gasteiger partial charge is 0.477 e. The number of carboxylic acids is 1. The van der Waals surface area contributed by atoms with Crippen molar-refractivity contribution in [3.8, 4) is 10.4 Å². The van der Waals surface area contributed by atoms with Crippen LogP contribution in [0.25, 0.3) is 10.4 Å². The van der Waals surface area contributed by atoms with Crippen molar-refractivity contribution < 1.29 is 15.0 Å². The number of aromatic carboxylic acids is 1. The van der Waals surface area contributed by atoms with Crippen LogP contribution < -0.4 is 5.43 Å². The second-order valence-corrected chi connectivity index (χ2v) is 6.90. The topological polar surface area (TPSA) is 79.5 Å². The lowest BCUT2D eigenvalue weighted by molar-refractivity contribution is 0.0694. The van der Waals surface area contributed by atoms with Crippen molar-refractivity contribution >= 4 is 17.3 Å². The first-order valence-corrected chi connectivity index (χ1v) is 8.43. The zero-order valence-electron chi connectivity index (χ0n) is 13.3. The van der Waals surface area contributed by atoms with Gasteiger partial charge in [0.15, 0.2) is 0 Å². The maximum atomic E-state index is 12.4. The van der Waals surface area contributed by atoms with Crippen LogP contribution in [0.2, 0.25) is 0 Å². The molecule has 0 aliphatic heterocycles. The van der Waals surface area contributed by atoms with Gasteiger partial charge in [-0.05, 0) is 31.4 Å². The van der Waals surface area contributed by atoms with Crippen LogP contribution in [-0.4, -0.2) is 27.4 Å². The number of nitrogens with zero attached hydrogens (tertiary/aromatic N) is 1. The number of carboxylic acid groups (broad SMARTS) is 1. The molecular weight excluding hydrogens is 314 g/mol. The third-order valence-electron chi connectivity index (χ3n) is 3.90. The molecule has 0 fully saturated rings.